The van der Waals surface area contributed by atoms with Gasteiger partial charge in [-0.15, -0.1) is 10.2 Å². The number of amides is 1. The van der Waals surface area contributed by atoms with E-state index in [9.17, 15) is 9.59 Å². The normalized spacial score (nSPS) is 10.4. The third-order valence-corrected chi connectivity index (χ3v) is 3.92. The number of ether oxygens (including phenoxy) is 1. The van der Waals surface area contributed by atoms with Gasteiger partial charge in [0.2, 0.25) is 17.7 Å². The van der Waals surface area contributed by atoms with Crippen molar-refractivity contribution in [3.63, 3.8) is 0 Å². The Morgan fingerprint density at radius 1 is 1.11 bits per heavy atom. The number of Topliss-reactive ketones (excluding diaryl/α,β-unsaturated/α-hetero) is 1. The van der Waals surface area contributed by atoms with Crippen LogP contribution in [0.5, 0.6) is 5.75 Å². The summed E-state index contributed by atoms with van der Waals surface area (Å²) in [5.74, 6) is 1.27. The van der Waals surface area contributed by atoms with Crippen LogP contribution in [0.2, 0.25) is 0 Å². The largest absolute Gasteiger partial charge is 0.497 e. The summed E-state index contributed by atoms with van der Waals surface area (Å²) in [5, 5.41) is 10.8. The topological polar surface area (TPSA) is 94.3 Å². The van der Waals surface area contributed by atoms with Crippen LogP contribution in [-0.2, 0) is 11.2 Å². The van der Waals surface area contributed by atoms with E-state index in [1.165, 1.54) is 6.92 Å². The summed E-state index contributed by atoms with van der Waals surface area (Å²) in [6.45, 7) is 1.50. The summed E-state index contributed by atoms with van der Waals surface area (Å²) in [4.78, 5) is 23.3. The van der Waals surface area contributed by atoms with Gasteiger partial charge in [-0.3, -0.25) is 9.59 Å². The number of aromatic nitrogens is 2. The molecule has 3 aromatic rings. The molecule has 0 fully saturated rings. The summed E-state index contributed by atoms with van der Waals surface area (Å²) in [7, 11) is 1.59. The van der Waals surface area contributed by atoms with E-state index in [1.807, 2.05) is 18.2 Å². The van der Waals surface area contributed by atoms with Gasteiger partial charge in [0, 0.05) is 29.7 Å². The van der Waals surface area contributed by atoms with Crippen LogP contribution in [-0.4, -0.2) is 29.0 Å². The number of aryl methyl sites for hydroxylation is 1. The number of nitrogens with one attached hydrogen (secondary N) is 1. The van der Waals surface area contributed by atoms with Gasteiger partial charge in [-0.05, 0) is 49.4 Å². The maximum absolute atomic E-state index is 12.1. The minimum Gasteiger partial charge on any atom is -0.497 e. The zero-order chi connectivity index (χ0) is 19.2. The van der Waals surface area contributed by atoms with E-state index in [0.29, 0.717) is 35.2 Å². The van der Waals surface area contributed by atoms with Crippen molar-refractivity contribution in [2.24, 2.45) is 0 Å². The van der Waals surface area contributed by atoms with Crippen molar-refractivity contribution >= 4 is 17.4 Å². The minimum atomic E-state index is -0.174. The number of anilines is 1. The van der Waals surface area contributed by atoms with Gasteiger partial charge < -0.3 is 14.5 Å². The lowest BCUT2D eigenvalue weighted by molar-refractivity contribution is -0.116. The van der Waals surface area contributed by atoms with Crippen molar-refractivity contribution in [2.45, 2.75) is 19.8 Å². The highest BCUT2D eigenvalue weighted by Crippen LogP contribution is 2.23. The van der Waals surface area contributed by atoms with Crippen molar-refractivity contribution in [3.05, 3.63) is 60.0 Å². The Morgan fingerprint density at radius 3 is 2.59 bits per heavy atom. The second-order valence-electron chi connectivity index (χ2n) is 5.91. The van der Waals surface area contributed by atoms with E-state index >= 15 is 0 Å². The van der Waals surface area contributed by atoms with E-state index in [0.717, 1.165) is 5.56 Å². The van der Waals surface area contributed by atoms with Crippen LogP contribution in [0.25, 0.3) is 11.5 Å². The second-order valence-corrected chi connectivity index (χ2v) is 5.91. The molecule has 0 unspecified atom stereocenters. The van der Waals surface area contributed by atoms with Crippen LogP contribution in [0.15, 0.2) is 52.9 Å². The number of benzene rings is 2. The molecule has 0 aliphatic heterocycles. The zero-order valence-electron chi connectivity index (χ0n) is 15.1. The molecule has 7 nitrogen and oxygen atoms in total. The van der Waals surface area contributed by atoms with Crippen molar-refractivity contribution < 1.29 is 18.7 Å². The maximum Gasteiger partial charge on any atom is 0.247 e. The Balaban J connectivity index is 1.56. The first-order valence-corrected chi connectivity index (χ1v) is 8.43. The number of methoxy groups -OCH3 is 1. The third-order valence-electron chi connectivity index (χ3n) is 3.92. The highest BCUT2D eigenvalue weighted by molar-refractivity contribution is 5.95. The molecule has 0 atom stereocenters. The molecule has 0 spiro atoms. The molecule has 1 heterocycles. The summed E-state index contributed by atoms with van der Waals surface area (Å²) in [6.07, 6.45) is 0.530. The smallest absolute Gasteiger partial charge is 0.247 e. The molecule has 0 aliphatic rings. The molecule has 0 aliphatic carbocycles. The van der Waals surface area contributed by atoms with E-state index in [4.69, 9.17) is 9.15 Å². The molecule has 1 N–H and O–H groups in total. The van der Waals surface area contributed by atoms with Gasteiger partial charge in [0.15, 0.2) is 5.78 Å². The first-order valence-electron chi connectivity index (χ1n) is 8.43. The van der Waals surface area contributed by atoms with Crippen molar-refractivity contribution in [1.29, 1.82) is 0 Å². The lowest BCUT2D eigenvalue weighted by atomic mass is 10.1. The van der Waals surface area contributed by atoms with Crippen molar-refractivity contribution in [2.75, 3.05) is 12.4 Å². The maximum atomic E-state index is 12.1. The van der Waals surface area contributed by atoms with Crippen LogP contribution in [0, 0.1) is 0 Å². The van der Waals surface area contributed by atoms with Gasteiger partial charge in [0.25, 0.3) is 0 Å². The number of hydrogen-bond donors (Lipinski definition) is 1. The van der Waals surface area contributed by atoms with Gasteiger partial charge in [-0.2, -0.15) is 0 Å². The SMILES string of the molecule is COc1cccc(-c2nnc(CCC(=O)Nc3ccc(C(C)=O)cc3)o2)c1. The summed E-state index contributed by atoms with van der Waals surface area (Å²) in [5.41, 5.74) is 1.99. The average molecular weight is 365 g/mol. The van der Waals surface area contributed by atoms with Crippen LogP contribution in [0.3, 0.4) is 0 Å². The van der Waals surface area contributed by atoms with E-state index in [-0.39, 0.29) is 18.1 Å². The monoisotopic (exact) mass is 365 g/mol. The number of carbonyl (C=O) groups is 2. The number of rotatable bonds is 7. The Morgan fingerprint density at radius 2 is 1.89 bits per heavy atom. The fourth-order valence-electron chi connectivity index (χ4n) is 2.46. The van der Waals surface area contributed by atoms with E-state index < -0.39 is 0 Å². The average Bonchev–Trinajstić information content (AvgIpc) is 3.16. The molecule has 0 radical (unpaired) electrons. The first-order chi connectivity index (χ1) is 13.0. The van der Waals surface area contributed by atoms with Gasteiger partial charge in [-0.25, -0.2) is 0 Å². The van der Waals surface area contributed by atoms with Crippen molar-refractivity contribution in [3.8, 4) is 17.2 Å². The number of carbonyl (C=O) groups excluding carboxylic acids is 2. The Kier molecular flexibility index (Phi) is 5.61. The van der Waals surface area contributed by atoms with Crippen LogP contribution < -0.4 is 10.1 Å². The van der Waals surface area contributed by atoms with Gasteiger partial charge in [0.1, 0.15) is 5.75 Å². The molecular weight excluding hydrogens is 346 g/mol. The molecule has 0 saturated heterocycles. The highest BCUT2D eigenvalue weighted by atomic mass is 16.5. The lowest BCUT2D eigenvalue weighted by Crippen LogP contribution is -2.12. The predicted octanol–water partition coefficient (Wildman–Crippen LogP) is 3.52. The first kappa shape index (κ1) is 18.3. The number of nitrogens with zero attached hydrogens (tertiary/aromatic N) is 2. The number of ketones is 1. The van der Waals surface area contributed by atoms with E-state index in [1.54, 1.807) is 37.4 Å². The Labute approximate surface area is 156 Å². The zero-order valence-corrected chi connectivity index (χ0v) is 15.1. The van der Waals surface area contributed by atoms with Crippen LogP contribution >= 0.6 is 0 Å². The molecule has 27 heavy (non-hydrogen) atoms. The predicted molar refractivity (Wildman–Crippen MR) is 99.7 cm³/mol. The molecule has 3 rings (SSSR count). The third kappa shape index (κ3) is 4.78. The molecule has 1 aromatic heterocycles. The Bertz CT molecular complexity index is 948. The molecule has 138 valence electrons. The van der Waals surface area contributed by atoms with E-state index in [2.05, 4.69) is 15.5 Å². The highest BCUT2D eigenvalue weighted by Gasteiger charge is 2.11. The molecular formula is C20H19N3O4. The van der Waals surface area contributed by atoms with Crippen molar-refractivity contribution in [1.82, 2.24) is 10.2 Å². The Hall–Kier alpha value is -3.48. The lowest BCUT2D eigenvalue weighted by Gasteiger charge is -2.04. The fraction of sp³-hybridized carbons (Fsp3) is 0.200. The summed E-state index contributed by atoms with van der Waals surface area (Å²) in [6, 6.07) is 14.1. The number of hydrogen-bond acceptors (Lipinski definition) is 6. The van der Waals surface area contributed by atoms with Gasteiger partial charge in [-0.1, -0.05) is 6.07 Å². The van der Waals surface area contributed by atoms with Crippen LogP contribution in [0.4, 0.5) is 5.69 Å². The standard InChI is InChI=1S/C20H19N3O4/c1-13(24)14-6-8-16(9-7-14)21-18(25)10-11-19-22-23-20(27-19)15-4-3-5-17(12-15)26-2/h3-9,12H,10-11H2,1-2H3,(H,21,25). The van der Waals surface area contributed by atoms with Gasteiger partial charge >= 0.3 is 0 Å². The summed E-state index contributed by atoms with van der Waals surface area (Å²) >= 11 is 0. The minimum absolute atomic E-state index is 0.0175. The molecule has 2 aromatic carbocycles. The van der Waals surface area contributed by atoms with Crippen LogP contribution in [0.1, 0.15) is 29.6 Å². The molecule has 1 amide bonds. The quantitative estimate of drug-likeness (QED) is 0.644. The second kappa shape index (κ2) is 8.27. The molecule has 7 heteroatoms. The fourth-order valence-corrected chi connectivity index (χ4v) is 2.46. The summed E-state index contributed by atoms with van der Waals surface area (Å²) < 4.78 is 10.8. The van der Waals surface area contributed by atoms with Gasteiger partial charge in [0.05, 0.1) is 7.11 Å². The molecule has 0 saturated carbocycles. The molecule has 0 bridgehead atoms.